The Labute approximate surface area is 129 Å². The van der Waals surface area contributed by atoms with Crippen LogP contribution in [0, 0.1) is 5.92 Å². The molecule has 0 spiro atoms. The monoisotopic (exact) mass is 358 g/mol. The topological polar surface area (TPSA) is 66.5 Å². The van der Waals surface area contributed by atoms with Gasteiger partial charge in [-0.25, -0.2) is 9.69 Å². The van der Waals surface area contributed by atoms with Crippen molar-refractivity contribution in [2.45, 2.75) is 19.8 Å². The minimum absolute atomic E-state index is 0.366. The molecule has 1 atom stereocenters. The molecule has 1 saturated heterocycles. The van der Waals surface area contributed by atoms with Crippen LogP contribution in [0.25, 0.3) is 0 Å². The second kappa shape index (κ2) is 5.93. The molecule has 1 heterocycles. The molecule has 0 bridgehead atoms. The van der Waals surface area contributed by atoms with E-state index in [1.807, 2.05) is 6.92 Å². The second-order valence-electron chi connectivity index (χ2n) is 4.41. The first-order chi connectivity index (χ1) is 9.45. The summed E-state index contributed by atoms with van der Waals surface area (Å²) in [5.74, 6) is -1.88. The largest absolute Gasteiger partial charge is 0.335 e. The molecule has 2 rings (SSSR count). The van der Waals surface area contributed by atoms with Crippen LogP contribution < -0.4 is 10.2 Å². The first kappa shape index (κ1) is 15.0. The zero-order chi connectivity index (χ0) is 14.9. The van der Waals surface area contributed by atoms with Gasteiger partial charge in [0.05, 0.1) is 5.69 Å². The van der Waals surface area contributed by atoms with Gasteiger partial charge in [0.25, 0.3) is 0 Å². The lowest BCUT2D eigenvalue weighted by atomic mass is 9.99. The van der Waals surface area contributed by atoms with Crippen LogP contribution in [0.15, 0.2) is 22.7 Å². The molecular formula is C13H12BrClN2O3. The van der Waals surface area contributed by atoms with Gasteiger partial charge in [0.1, 0.15) is 5.92 Å². The molecule has 1 aromatic carbocycles. The van der Waals surface area contributed by atoms with Crippen LogP contribution in [0.2, 0.25) is 5.02 Å². The number of anilines is 1. The van der Waals surface area contributed by atoms with Crippen LogP contribution in [0.5, 0.6) is 0 Å². The van der Waals surface area contributed by atoms with Crippen LogP contribution in [0.3, 0.4) is 0 Å². The van der Waals surface area contributed by atoms with E-state index in [2.05, 4.69) is 21.2 Å². The van der Waals surface area contributed by atoms with Crippen molar-refractivity contribution in [3.8, 4) is 0 Å². The highest BCUT2D eigenvalue weighted by Crippen LogP contribution is 2.32. The average molecular weight is 360 g/mol. The zero-order valence-electron chi connectivity index (χ0n) is 10.7. The van der Waals surface area contributed by atoms with Gasteiger partial charge in [-0.1, -0.05) is 24.9 Å². The van der Waals surface area contributed by atoms with Gasteiger partial charge in [0, 0.05) is 9.50 Å². The van der Waals surface area contributed by atoms with Gasteiger partial charge < -0.3 is 0 Å². The van der Waals surface area contributed by atoms with Crippen molar-refractivity contribution in [2.75, 3.05) is 4.90 Å². The molecule has 0 aliphatic carbocycles. The van der Waals surface area contributed by atoms with Gasteiger partial charge in [-0.2, -0.15) is 0 Å². The molecule has 1 aliphatic rings. The smallest absolute Gasteiger partial charge is 0.277 e. The molecule has 1 aromatic rings. The Morgan fingerprint density at radius 3 is 2.65 bits per heavy atom. The summed E-state index contributed by atoms with van der Waals surface area (Å²) >= 11 is 9.11. The van der Waals surface area contributed by atoms with Crippen LogP contribution in [-0.4, -0.2) is 17.8 Å². The van der Waals surface area contributed by atoms with E-state index >= 15 is 0 Å². The Bertz CT molecular complexity index is 591. The molecule has 5 nitrogen and oxygen atoms in total. The van der Waals surface area contributed by atoms with Gasteiger partial charge in [0.2, 0.25) is 11.8 Å². The quantitative estimate of drug-likeness (QED) is 0.843. The molecular weight excluding hydrogens is 348 g/mol. The number of carbonyl (C=O) groups is 3. The predicted molar refractivity (Wildman–Crippen MR) is 78.6 cm³/mol. The number of amides is 4. The minimum atomic E-state index is -0.833. The number of hydrogen-bond acceptors (Lipinski definition) is 3. The Balaban J connectivity index is 2.41. The summed E-state index contributed by atoms with van der Waals surface area (Å²) < 4.78 is 0.512. The van der Waals surface area contributed by atoms with Crippen molar-refractivity contribution in [1.82, 2.24) is 5.32 Å². The van der Waals surface area contributed by atoms with Crippen LogP contribution >= 0.6 is 27.5 Å². The molecule has 4 amide bonds. The van der Waals surface area contributed by atoms with Gasteiger partial charge >= 0.3 is 6.03 Å². The zero-order valence-corrected chi connectivity index (χ0v) is 13.0. The van der Waals surface area contributed by atoms with Crippen molar-refractivity contribution < 1.29 is 14.4 Å². The average Bonchev–Trinajstić information content (AvgIpc) is 2.37. The molecule has 1 N–H and O–H groups in total. The maximum atomic E-state index is 12.4. The van der Waals surface area contributed by atoms with E-state index in [4.69, 9.17) is 11.6 Å². The van der Waals surface area contributed by atoms with E-state index in [1.54, 1.807) is 18.2 Å². The summed E-state index contributed by atoms with van der Waals surface area (Å²) in [5.41, 5.74) is 0.366. The molecule has 1 aliphatic heterocycles. The van der Waals surface area contributed by atoms with Gasteiger partial charge in [-0.15, -0.1) is 0 Å². The molecule has 0 radical (unpaired) electrons. The molecule has 106 valence electrons. The standard InChI is InChI=1S/C13H12BrClN2O3/c1-2-3-8-11(18)16-13(20)17(12(8)19)10-5-4-7(15)6-9(10)14/h4-6,8H,2-3H2,1H3,(H,16,18,20). The summed E-state index contributed by atoms with van der Waals surface area (Å²) in [6.45, 7) is 1.87. The van der Waals surface area contributed by atoms with E-state index in [0.29, 0.717) is 28.0 Å². The fraction of sp³-hybridized carbons (Fsp3) is 0.308. The maximum Gasteiger partial charge on any atom is 0.335 e. The Hall–Kier alpha value is -1.40. The van der Waals surface area contributed by atoms with Crippen molar-refractivity contribution in [3.05, 3.63) is 27.7 Å². The van der Waals surface area contributed by atoms with E-state index in [0.717, 1.165) is 4.90 Å². The third-order valence-electron chi connectivity index (χ3n) is 3.00. The number of imide groups is 2. The predicted octanol–water partition coefficient (Wildman–Crippen LogP) is 3.10. The van der Waals surface area contributed by atoms with Gasteiger partial charge in [-0.05, 0) is 40.5 Å². The van der Waals surface area contributed by atoms with E-state index in [-0.39, 0.29) is 0 Å². The van der Waals surface area contributed by atoms with E-state index in [1.165, 1.54) is 0 Å². The number of barbiturate groups is 1. The highest BCUT2D eigenvalue weighted by molar-refractivity contribution is 9.10. The molecule has 1 unspecified atom stereocenters. The summed E-state index contributed by atoms with van der Waals surface area (Å²) in [7, 11) is 0. The number of carbonyl (C=O) groups excluding carboxylic acids is 3. The van der Waals surface area contributed by atoms with Crippen LogP contribution in [0.4, 0.5) is 10.5 Å². The normalized spacial score (nSPS) is 19.2. The van der Waals surface area contributed by atoms with Crippen LogP contribution in [0.1, 0.15) is 19.8 Å². The number of halogens is 2. The molecule has 1 fully saturated rings. The number of nitrogens with zero attached hydrogens (tertiary/aromatic N) is 1. The summed E-state index contributed by atoms with van der Waals surface area (Å²) in [4.78, 5) is 37.0. The summed E-state index contributed by atoms with van der Waals surface area (Å²) in [6, 6.07) is 3.98. The third kappa shape index (κ3) is 2.71. The molecule has 7 heteroatoms. The molecule has 0 aromatic heterocycles. The number of urea groups is 1. The second-order valence-corrected chi connectivity index (χ2v) is 5.70. The fourth-order valence-corrected chi connectivity index (χ4v) is 2.91. The lowest BCUT2D eigenvalue weighted by Gasteiger charge is -2.30. The van der Waals surface area contributed by atoms with Crippen molar-refractivity contribution in [2.24, 2.45) is 5.92 Å². The van der Waals surface area contributed by atoms with Crippen LogP contribution in [-0.2, 0) is 9.59 Å². The number of nitrogens with one attached hydrogen (secondary N) is 1. The highest BCUT2D eigenvalue weighted by atomic mass is 79.9. The van der Waals surface area contributed by atoms with E-state index in [9.17, 15) is 14.4 Å². The third-order valence-corrected chi connectivity index (χ3v) is 3.87. The van der Waals surface area contributed by atoms with Gasteiger partial charge in [-0.3, -0.25) is 14.9 Å². The Kier molecular flexibility index (Phi) is 4.45. The lowest BCUT2D eigenvalue weighted by Crippen LogP contribution is -2.58. The van der Waals surface area contributed by atoms with Crippen molar-refractivity contribution >= 4 is 51.1 Å². The SMILES string of the molecule is CCCC1C(=O)NC(=O)N(c2ccc(Cl)cc2Br)C1=O. The van der Waals surface area contributed by atoms with Gasteiger partial charge in [0.15, 0.2) is 0 Å². The summed E-state index contributed by atoms with van der Waals surface area (Å²) in [6.07, 6.45) is 1.08. The van der Waals surface area contributed by atoms with Crippen molar-refractivity contribution in [1.29, 1.82) is 0 Å². The first-order valence-electron chi connectivity index (χ1n) is 6.09. The molecule has 0 saturated carbocycles. The summed E-state index contributed by atoms with van der Waals surface area (Å²) in [5, 5.41) is 2.69. The number of rotatable bonds is 3. The number of benzene rings is 1. The lowest BCUT2D eigenvalue weighted by molar-refractivity contribution is -0.134. The van der Waals surface area contributed by atoms with Crippen molar-refractivity contribution in [3.63, 3.8) is 0 Å². The Morgan fingerprint density at radius 1 is 1.35 bits per heavy atom. The number of hydrogen-bond donors (Lipinski definition) is 1. The highest BCUT2D eigenvalue weighted by Gasteiger charge is 2.41. The molecule has 20 heavy (non-hydrogen) atoms. The minimum Gasteiger partial charge on any atom is -0.277 e. The first-order valence-corrected chi connectivity index (χ1v) is 7.26. The maximum absolute atomic E-state index is 12.4. The van der Waals surface area contributed by atoms with E-state index < -0.39 is 23.8 Å². The Morgan fingerprint density at radius 2 is 2.05 bits per heavy atom. The fourth-order valence-electron chi connectivity index (χ4n) is 2.05.